The summed E-state index contributed by atoms with van der Waals surface area (Å²) in [5, 5.41) is 9.59. The minimum atomic E-state index is -0.510. The third-order valence-corrected chi connectivity index (χ3v) is 2.10. The first-order valence-electron chi connectivity index (χ1n) is 5.50. The molecular formula is C13H19NO3. The van der Waals surface area contributed by atoms with Crippen LogP contribution in [0.1, 0.15) is 26.3 Å². The molecule has 0 radical (unpaired) electrons. The van der Waals surface area contributed by atoms with Crippen LogP contribution in [0.5, 0.6) is 5.75 Å². The first-order chi connectivity index (χ1) is 7.79. The highest BCUT2D eigenvalue weighted by molar-refractivity contribution is 5.67. The van der Waals surface area contributed by atoms with E-state index in [0.717, 1.165) is 0 Å². The number of rotatable bonds is 2. The number of carbonyl (C=O) groups is 1. The number of carbonyl (C=O) groups excluding carboxylic acids is 1. The molecule has 0 saturated carbocycles. The van der Waals surface area contributed by atoms with Gasteiger partial charge in [-0.3, -0.25) is 0 Å². The lowest BCUT2D eigenvalue weighted by molar-refractivity contribution is 0.0284. The van der Waals surface area contributed by atoms with Gasteiger partial charge in [-0.05, 0) is 26.8 Å². The van der Waals surface area contributed by atoms with Crippen molar-refractivity contribution in [3.63, 3.8) is 0 Å². The molecule has 0 heterocycles. The molecule has 94 valence electrons. The van der Waals surface area contributed by atoms with Crippen molar-refractivity contribution < 1.29 is 14.6 Å². The van der Waals surface area contributed by atoms with E-state index < -0.39 is 11.7 Å². The molecular weight excluding hydrogens is 218 g/mol. The summed E-state index contributed by atoms with van der Waals surface area (Å²) < 4.78 is 5.22. The molecule has 1 amide bonds. The fourth-order valence-corrected chi connectivity index (χ4v) is 1.30. The zero-order chi connectivity index (χ0) is 13.1. The van der Waals surface area contributed by atoms with Gasteiger partial charge in [-0.25, -0.2) is 4.79 Å². The maximum absolute atomic E-state index is 11.7. The van der Waals surface area contributed by atoms with Gasteiger partial charge in [0.25, 0.3) is 0 Å². The van der Waals surface area contributed by atoms with Gasteiger partial charge in [0, 0.05) is 12.6 Å². The van der Waals surface area contributed by atoms with Gasteiger partial charge in [0.15, 0.2) is 0 Å². The number of phenolic OH excluding ortho intramolecular Hbond substituents is 1. The second kappa shape index (κ2) is 5.08. The minimum Gasteiger partial charge on any atom is -0.508 e. The normalized spacial score (nSPS) is 11.1. The number of aromatic hydroxyl groups is 1. The minimum absolute atomic E-state index is 0.183. The van der Waals surface area contributed by atoms with E-state index in [0.29, 0.717) is 12.1 Å². The average Bonchev–Trinajstić information content (AvgIpc) is 2.18. The van der Waals surface area contributed by atoms with E-state index in [4.69, 9.17) is 4.74 Å². The Kier molecular flexibility index (Phi) is 3.99. The highest BCUT2D eigenvalue weighted by Gasteiger charge is 2.20. The molecule has 0 fully saturated rings. The third kappa shape index (κ3) is 4.34. The molecule has 1 rings (SSSR count). The zero-order valence-electron chi connectivity index (χ0n) is 10.7. The lowest BCUT2D eigenvalue weighted by atomic mass is 10.2. The van der Waals surface area contributed by atoms with Crippen molar-refractivity contribution in [2.75, 3.05) is 7.05 Å². The predicted octanol–water partition coefficient (Wildman–Crippen LogP) is 2.76. The molecule has 0 aromatic heterocycles. The summed E-state index contributed by atoms with van der Waals surface area (Å²) in [7, 11) is 1.64. The highest BCUT2D eigenvalue weighted by atomic mass is 16.6. The number of nitrogens with zero attached hydrogens (tertiary/aromatic N) is 1. The monoisotopic (exact) mass is 237 g/mol. The van der Waals surface area contributed by atoms with Gasteiger partial charge in [-0.15, -0.1) is 0 Å². The lowest BCUT2D eigenvalue weighted by Gasteiger charge is -2.24. The maximum atomic E-state index is 11.7. The van der Waals surface area contributed by atoms with Crippen LogP contribution >= 0.6 is 0 Å². The Labute approximate surface area is 102 Å². The molecule has 0 aliphatic rings. The van der Waals surface area contributed by atoms with E-state index in [1.54, 1.807) is 25.2 Å². The molecule has 0 unspecified atom stereocenters. The number of hydrogen-bond donors (Lipinski definition) is 1. The number of para-hydroxylation sites is 1. The Bertz CT molecular complexity index is 396. The van der Waals surface area contributed by atoms with Crippen LogP contribution in [0, 0.1) is 0 Å². The molecule has 1 aromatic rings. The van der Waals surface area contributed by atoms with Crippen LogP contribution in [-0.2, 0) is 11.3 Å². The Balaban J connectivity index is 2.64. The maximum Gasteiger partial charge on any atom is 0.410 e. The number of benzene rings is 1. The second-order valence-corrected chi connectivity index (χ2v) is 4.97. The molecule has 0 spiro atoms. The standard InChI is InChI=1S/C13H19NO3/c1-13(2,3)17-12(16)14(4)9-10-7-5-6-8-11(10)15/h5-8,15H,9H2,1-4H3. The fourth-order valence-electron chi connectivity index (χ4n) is 1.30. The number of phenols is 1. The largest absolute Gasteiger partial charge is 0.508 e. The zero-order valence-corrected chi connectivity index (χ0v) is 10.7. The summed E-state index contributed by atoms with van der Waals surface area (Å²) in [6, 6.07) is 6.93. The van der Waals surface area contributed by atoms with Crippen LogP contribution in [0.3, 0.4) is 0 Å². The van der Waals surface area contributed by atoms with E-state index in [1.165, 1.54) is 4.90 Å². The van der Waals surface area contributed by atoms with E-state index >= 15 is 0 Å². The van der Waals surface area contributed by atoms with E-state index in [1.807, 2.05) is 26.8 Å². The van der Waals surface area contributed by atoms with Crippen LogP contribution in [-0.4, -0.2) is 28.7 Å². The van der Waals surface area contributed by atoms with Crippen LogP contribution < -0.4 is 0 Å². The van der Waals surface area contributed by atoms with Crippen molar-refractivity contribution in [2.45, 2.75) is 32.9 Å². The van der Waals surface area contributed by atoms with Crippen molar-refractivity contribution in [2.24, 2.45) is 0 Å². The third-order valence-electron chi connectivity index (χ3n) is 2.10. The molecule has 0 atom stereocenters. The van der Waals surface area contributed by atoms with Gasteiger partial charge in [0.1, 0.15) is 11.4 Å². The van der Waals surface area contributed by atoms with Gasteiger partial charge in [-0.2, -0.15) is 0 Å². The predicted molar refractivity (Wildman–Crippen MR) is 65.8 cm³/mol. The van der Waals surface area contributed by atoms with Gasteiger partial charge in [0.05, 0.1) is 6.54 Å². The second-order valence-electron chi connectivity index (χ2n) is 4.97. The van der Waals surface area contributed by atoms with Gasteiger partial charge < -0.3 is 14.7 Å². The summed E-state index contributed by atoms with van der Waals surface area (Å²) in [4.78, 5) is 13.1. The van der Waals surface area contributed by atoms with Gasteiger partial charge in [0.2, 0.25) is 0 Å². The molecule has 1 N–H and O–H groups in total. The Morgan fingerprint density at radius 3 is 2.47 bits per heavy atom. The number of amides is 1. The smallest absolute Gasteiger partial charge is 0.410 e. The van der Waals surface area contributed by atoms with E-state index in [9.17, 15) is 9.90 Å². The van der Waals surface area contributed by atoms with E-state index in [2.05, 4.69) is 0 Å². The molecule has 17 heavy (non-hydrogen) atoms. The Morgan fingerprint density at radius 2 is 1.94 bits per heavy atom. The fraction of sp³-hybridized carbons (Fsp3) is 0.462. The van der Waals surface area contributed by atoms with Crippen molar-refractivity contribution in [3.8, 4) is 5.75 Å². The topological polar surface area (TPSA) is 49.8 Å². The summed E-state index contributed by atoms with van der Waals surface area (Å²) in [5.41, 5.74) is 0.185. The van der Waals surface area contributed by atoms with E-state index in [-0.39, 0.29) is 5.75 Å². The van der Waals surface area contributed by atoms with Crippen LogP contribution in [0.4, 0.5) is 4.79 Å². The number of ether oxygens (including phenoxy) is 1. The van der Waals surface area contributed by atoms with Crippen LogP contribution in [0.2, 0.25) is 0 Å². The van der Waals surface area contributed by atoms with Crippen molar-refractivity contribution >= 4 is 6.09 Å². The SMILES string of the molecule is CN(Cc1ccccc1O)C(=O)OC(C)(C)C. The quantitative estimate of drug-likeness (QED) is 0.860. The van der Waals surface area contributed by atoms with Crippen molar-refractivity contribution in [3.05, 3.63) is 29.8 Å². The first kappa shape index (κ1) is 13.4. The molecule has 0 aliphatic heterocycles. The number of hydrogen-bond acceptors (Lipinski definition) is 3. The molecule has 0 bridgehead atoms. The molecule has 4 nitrogen and oxygen atoms in total. The summed E-state index contributed by atoms with van der Waals surface area (Å²) in [6.45, 7) is 5.78. The molecule has 4 heteroatoms. The molecule has 0 aliphatic carbocycles. The van der Waals surface area contributed by atoms with Crippen molar-refractivity contribution in [1.29, 1.82) is 0 Å². The first-order valence-corrected chi connectivity index (χ1v) is 5.50. The molecule has 1 aromatic carbocycles. The van der Waals surface area contributed by atoms with Crippen molar-refractivity contribution in [1.82, 2.24) is 4.90 Å². The summed E-state index contributed by atoms with van der Waals surface area (Å²) >= 11 is 0. The van der Waals surface area contributed by atoms with Crippen LogP contribution in [0.25, 0.3) is 0 Å². The van der Waals surface area contributed by atoms with Gasteiger partial charge in [-0.1, -0.05) is 18.2 Å². The summed E-state index contributed by atoms with van der Waals surface area (Å²) in [5.74, 6) is 0.183. The Hall–Kier alpha value is -1.71. The average molecular weight is 237 g/mol. The van der Waals surface area contributed by atoms with Gasteiger partial charge >= 0.3 is 6.09 Å². The molecule has 0 saturated heterocycles. The van der Waals surface area contributed by atoms with Crippen LogP contribution in [0.15, 0.2) is 24.3 Å². The Morgan fingerprint density at radius 1 is 1.35 bits per heavy atom. The highest BCUT2D eigenvalue weighted by Crippen LogP contribution is 2.18. The lowest BCUT2D eigenvalue weighted by Crippen LogP contribution is -2.33. The summed E-state index contributed by atoms with van der Waals surface area (Å²) in [6.07, 6.45) is -0.402.